The average molecular weight is 466 g/mol. The van der Waals surface area contributed by atoms with Gasteiger partial charge in [-0.1, -0.05) is 44.6 Å². The number of rotatable bonds is 16. The smallest absolute Gasteiger partial charge is 0.243 e. The number of pyridine rings is 1. The Morgan fingerprint density at radius 1 is 1.12 bits per heavy atom. The third kappa shape index (κ3) is 12.3. The van der Waals surface area contributed by atoms with Crippen molar-refractivity contribution in [2.75, 3.05) is 32.8 Å². The molecule has 1 heterocycles. The Morgan fingerprint density at radius 2 is 1.91 bits per heavy atom. The Hall–Kier alpha value is -1.77. The fourth-order valence-corrected chi connectivity index (χ4v) is 4.47. The van der Waals surface area contributed by atoms with Gasteiger partial charge in [0.15, 0.2) is 0 Å². The Bertz CT molecular complexity index is 726. The monoisotopic (exact) mass is 465 g/mol. The quantitative estimate of drug-likeness (QED) is 0.221. The largest absolute Gasteiger partial charge is 0.380 e. The molecule has 1 amide bonds. The van der Waals surface area contributed by atoms with Crippen LogP contribution in [-0.2, 0) is 20.4 Å². The minimum absolute atomic E-state index is 0.102. The summed E-state index contributed by atoms with van der Waals surface area (Å²) in [6.45, 7) is 2.90. The van der Waals surface area contributed by atoms with Gasteiger partial charge >= 0.3 is 0 Å². The Balaban J connectivity index is 1.45. The molecule has 7 nitrogen and oxygen atoms in total. The lowest BCUT2D eigenvalue weighted by Crippen LogP contribution is -2.28. The fraction of sp³-hybridized carbons (Fsp3) is 0.667. The van der Waals surface area contributed by atoms with Crippen LogP contribution in [0.2, 0.25) is 0 Å². The van der Waals surface area contributed by atoms with Crippen LogP contribution in [0.1, 0.15) is 69.8 Å². The molecule has 1 aliphatic carbocycles. The van der Waals surface area contributed by atoms with Gasteiger partial charge in [-0.15, -0.1) is 0 Å². The Morgan fingerprint density at radius 3 is 2.66 bits per heavy atom. The highest BCUT2D eigenvalue weighted by Gasteiger charge is 2.14. The number of amides is 1. The first-order valence-electron chi connectivity index (χ1n) is 12.0. The highest BCUT2D eigenvalue weighted by molar-refractivity contribution is 7.69. The highest BCUT2D eigenvalue weighted by atomic mass is 32.2. The zero-order valence-electron chi connectivity index (χ0n) is 19.1. The molecule has 1 aliphatic rings. The summed E-state index contributed by atoms with van der Waals surface area (Å²) in [5.74, 6) is 0.551. The van der Waals surface area contributed by atoms with E-state index in [-0.39, 0.29) is 5.91 Å². The average Bonchev–Trinajstić information content (AvgIpc) is 2.81. The molecular weight excluding hydrogens is 426 g/mol. The van der Waals surface area contributed by atoms with Crippen LogP contribution in [0.5, 0.6) is 0 Å². The molecule has 0 unspecified atom stereocenters. The molecule has 0 atom stereocenters. The second-order valence-corrected chi connectivity index (χ2v) is 9.49. The SMILES string of the molecule is O=C(C=Cc1cccnc1)NCCCCCCCN(CCOCC1CCCCC1)[SH](=O)=O. The summed E-state index contributed by atoms with van der Waals surface area (Å²) in [4.78, 5) is 15.8. The van der Waals surface area contributed by atoms with Crippen molar-refractivity contribution in [1.82, 2.24) is 14.6 Å². The van der Waals surface area contributed by atoms with Gasteiger partial charge in [0.05, 0.1) is 6.61 Å². The minimum Gasteiger partial charge on any atom is -0.380 e. The molecule has 1 N–H and O–H groups in total. The zero-order chi connectivity index (χ0) is 22.9. The van der Waals surface area contributed by atoms with Gasteiger partial charge in [-0.05, 0) is 49.3 Å². The first kappa shape index (κ1) is 26.5. The van der Waals surface area contributed by atoms with Gasteiger partial charge in [0.2, 0.25) is 16.8 Å². The number of carbonyl (C=O) groups is 1. The second-order valence-electron chi connectivity index (χ2n) is 8.45. The molecule has 0 saturated heterocycles. The highest BCUT2D eigenvalue weighted by Crippen LogP contribution is 2.23. The maximum absolute atomic E-state index is 11.8. The standard InChI is InChI=1S/C24H39N3O4S/c28-24(14-13-22-12-9-15-25-20-22)26-16-7-2-1-3-8-17-27(32(29)30)18-19-31-21-23-10-5-4-6-11-23/h9,12-15,20,23,32H,1-8,10-11,16-19,21H2,(H,26,28). The van der Waals surface area contributed by atoms with E-state index in [1.165, 1.54) is 42.5 Å². The maximum atomic E-state index is 11.8. The molecule has 0 aliphatic heterocycles. The van der Waals surface area contributed by atoms with Crippen molar-refractivity contribution in [3.05, 3.63) is 36.2 Å². The van der Waals surface area contributed by atoms with Crippen LogP contribution in [0.4, 0.5) is 0 Å². The van der Waals surface area contributed by atoms with Crippen molar-refractivity contribution in [3.8, 4) is 0 Å². The summed E-state index contributed by atoms with van der Waals surface area (Å²) >= 11 is 0. The lowest BCUT2D eigenvalue weighted by molar-refractivity contribution is -0.116. The molecule has 32 heavy (non-hydrogen) atoms. The number of thiol groups is 1. The van der Waals surface area contributed by atoms with Crippen LogP contribution < -0.4 is 5.32 Å². The van der Waals surface area contributed by atoms with Crippen molar-refractivity contribution in [2.45, 2.75) is 64.2 Å². The number of carbonyl (C=O) groups excluding carboxylic acids is 1. The van der Waals surface area contributed by atoms with Crippen LogP contribution in [0.3, 0.4) is 0 Å². The summed E-state index contributed by atoms with van der Waals surface area (Å²) in [7, 11) is -2.56. The van der Waals surface area contributed by atoms with Crippen LogP contribution in [0, 0.1) is 5.92 Å². The third-order valence-electron chi connectivity index (χ3n) is 5.81. The topological polar surface area (TPSA) is 88.6 Å². The van der Waals surface area contributed by atoms with E-state index in [0.717, 1.165) is 44.3 Å². The minimum atomic E-state index is -2.56. The lowest BCUT2D eigenvalue weighted by atomic mass is 9.90. The van der Waals surface area contributed by atoms with E-state index in [1.807, 2.05) is 12.1 Å². The van der Waals surface area contributed by atoms with Gasteiger partial charge < -0.3 is 10.1 Å². The maximum Gasteiger partial charge on any atom is 0.243 e. The van der Waals surface area contributed by atoms with Crippen molar-refractivity contribution in [2.24, 2.45) is 5.92 Å². The molecule has 0 spiro atoms. The normalized spacial score (nSPS) is 15.1. The number of hydrogen-bond acceptors (Lipinski definition) is 5. The summed E-state index contributed by atoms with van der Waals surface area (Å²) in [5, 5.41) is 2.88. The Labute approximate surface area is 194 Å². The molecule has 2 rings (SSSR count). The summed E-state index contributed by atoms with van der Waals surface area (Å²) in [6, 6.07) is 3.73. The first-order valence-corrected chi connectivity index (χ1v) is 13.1. The molecule has 180 valence electrons. The number of hydrogen-bond donors (Lipinski definition) is 2. The fourth-order valence-electron chi connectivity index (χ4n) is 3.92. The van der Waals surface area contributed by atoms with Gasteiger partial charge in [-0.3, -0.25) is 9.78 Å². The second kappa shape index (κ2) is 16.8. The van der Waals surface area contributed by atoms with Crippen molar-refractivity contribution >= 4 is 22.9 Å². The van der Waals surface area contributed by atoms with E-state index in [0.29, 0.717) is 32.2 Å². The van der Waals surface area contributed by atoms with E-state index in [1.54, 1.807) is 18.5 Å². The number of nitrogens with one attached hydrogen (secondary N) is 1. The number of ether oxygens (including phenoxy) is 1. The number of nitrogens with zero attached hydrogens (tertiary/aromatic N) is 2. The molecule has 1 aromatic heterocycles. The Kier molecular flexibility index (Phi) is 13.9. The molecule has 0 bridgehead atoms. The molecule has 0 radical (unpaired) electrons. The van der Waals surface area contributed by atoms with Crippen LogP contribution in [-0.4, -0.2) is 56.5 Å². The number of unbranched alkanes of at least 4 members (excludes halogenated alkanes) is 4. The van der Waals surface area contributed by atoms with Crippen LogP contribution in [0.25, 0.3) is 6.08 Å². The molecular formula is C24H39N3O4S. The van der Waals surface area contributed by atoms with Gasteiger partial charge in [0.1, 0.15) is 0 Å². The number of aromatic nitrogens is 1. The molecule has 8 heteroatoms. The molecule has 0 aromatic carbocycles. The lowest BCUT2D eigenvalue weighted by Gasteiger charge is -2.22. The third-order valence-corrected chi connectivity index (χ3v) is 6.67. The van der Waals surface area contributed by atoms with Gasteiger partial charge in [0.25, 0.3) is 0 Å². The summed E-state index contributed by atoms with van der Waals surface area (Å²) in [6.07, 6.45) is 17.9. The first-order chi connectivity index (χ1) is 15.6. The molecule has 1 saturated carbocycles. The summed E-state index contributed by atoms with van der Waals surface area (Å²) < 4.78 is 30.2. The van der Waals surface area contributed by atoms with Gasteiger partial charge in [-0.25, -0.2) is 12.7 Å². The van der Waals surface area contributed by atoms with Crippen molar-refractivity contribution in [1.29, 1.82) is 0 Å². The van der Waals surface area contributed by atoms with E-state index in [2.05, 4.69) is 10.3 Å². The van der Waals surface area contributed by atoms with Gasteiger partial charge in [-0.2, -0.15) is 0 Å². The van der Waals surface area contributed by atoms with E-state index in [9.17, 15) is 13.2 Å². The predicted octanol–water partition coefficient (Wildman–Crippen LogP) is 3.59. The van der Waals surface area contributed by atoms with Crippen LogP contribution in [0.15, 0.2) is 30.6 Å². The zero-order valence-corrected chi connectivity index (χ0v) is 20.0. The van der Waals surface area contributed by atoms with E-state index >= 15 is 0 Å². The van der Waals surface area contributed by atoms with Crippen LogP contribution >= 0.6 is 0 Å². The van der Waals surface area contributed by atoms with E-state index < -0.39 is 10.9 Å². The van der Waals surface area contributed by atoms with Crippen molar-refractivity contribution in [3.63, 3.8) is 0 Å². The van der Waals surface area contributed by atoms with Gasteiger partial charge in [0, 0.05) is 44.7 Å². The molecule has 1 fully saturated rings. The van der Waals surface area contributed by atoms with E-state index in [4.69, 9.17) is 4.74 Å². The van der Waals surface area contributed by atoms with Crippen molar-refractivity contribution < 1.29 is 17.9 Å². The molecule has 1 aromatic rings. The summed E-state index contributed by atoms with van der Waals surface area (Å²) in [5.41, 5.74) is 0.896. The predicted molar refractivity (Wildman–Crippen MR) is 129 cm³/mol.